The predicted molar refractivity (Wildman–Crippen MR) is 117 cm³/mol. The minimum atomic E-state index is -1.13. The lowest BCUT2D eigenvalue weighted by atomic mass is 10.0. The van der Waals surface area contributed by atoms with E-state index in [1.54, 1.807) is 12.1 Å². The number of amides is 1. The maximum absolute atomic E-state index is 12.1. The average molecular weight is 415 g/mol. The van der Waals surface area contributed by atoms with Crippen molar-refractivity contribution in [3.63, 3.8) is 0 Å². The van der Waals surface area contributed by atoms with Gasteiger partial charge in [0.25, 0.3) is 0 Å². The van der Waals surface area contributed by atoms with Crippen LogP contribution in [0.1, 0.15) is 11.3 Å². The molecule has 0 aliphatic heterocycles. The van der Waals surface area contributed by atoms with Gasteiger partial charge < -0.3 is 19.6 Å². The van der Waals surface area contributed by atoms with E-state index in [0.717, 1.165) is 22.1 Å². The number of carbonyl (C=O) groups is 2. The average Bonchev–Trinajstić information content (AvgIpc) is 3.21. The number of nitrogens with one attached hydrogen (secondary N) is 1. The fraction of sp³-hybridized carbons (Fsp3) is 0.120. The lowest BCUT2D eigenvalue weighted by Gasteiger charge is -2.14. The molecule has 0 saturated carbocycles. The summed E-state index contributed by atoms with van der Waals surface area (Å²) in [6.07, 6.45) is -0.646. The van der Waals surface area contributed by atoms with Crippen LogP contribution in [0.3, 0.4) is 0 Å². The molecule has 4 aromatic rings. The molecule has 1 atom stereocenters. The molecule has 0 saturated heterocycles. The fourth-order valence-electron chi connectivity index (χ4n) is 3.35. The second kappa shape index (κ2) is 9.17. The quantitative estimate of drug-likeness (QED) is 0.442. The zero-order valence-electron chi connectivity index (χ0n) is 16.7. The SMILES string of the molecule is O=C(N[C@H](Cc1ccccc1)C(=O)O)OCc1cc2cc(-c3ccccc3)ccc2o1. The van der Waals surface area contributed by atoms with Crippen LogP contribution in [0.4, 0.5) is 4.79 Å². The maximum Gasteiger partial charge on any atom is 0.408 e. The van der Waals surface area contributed by atoms with Crippen LogP contribution in [0, 0.1) is 0 Å². The lowest BCUT2D eigenvalue weighted by Crippen LogP contribution is -2.42. The van der Waals surface area contributed by atoms with E-state index in [1.165, 1.54) is 0 Å². The van der Waals surface area contributed by atoms with Gasteiger partial charge in [-0.25, -0.2) is 9.59 Å². The molecule has 0 spiro atoms. The number of carboxylic acids is 1. The molecule has 0 fully saturated rings. The van der Waals surface area contributed by atoms with Gasteiger partial charge >= 0.3 is 12.1 Å². The van der Waals surface area contributed by atoms with E-state index >= 15 is 0 Å². The number of aliphatic carboxylic acids is 1. The highest BCUT2D eigenvalue weighted by molar-refractivity contribution is 5.84. The smallest absolute Gasteiger partial charge is 0.408 e. The third kappa shape index (κ3) is 5.11. The molecule has 1 amide bonds. The molecule has 156 valence electrons. The van der Waals surface area contributed by atoms with Crippen molar-refractivity contribution in [2.24, 2.45) is 0 Å². The van der Waals surface area contributed by atoms with E-state index in [9.17, 15) is 14.7 Å². The molecule has 2 N–H and O–H groups in total. The van der Waals surface area contributed by atoms with Gasteiger partial charge in [0, 0.05) is 11.8 Å². The Hall–Kier alpha value is -4.06. The highest BCUT2D eigenvalue weighted by Gasteiger charge is 2.21. The van der Waals surface area contributed by atoms with Crippen molar-refractivity contribution in [1.82, 2.24) is 5.32 Å². The first-order chi connectivity index (χ1) is 15.1. The Kier molecular flexibility index (Phi) is 5.98. The highest BCUT2D eigenvalue weighted by atomic mass is 16.6. The van der Waals surface area contributed by atoms with Crippen molar-refractivity contribution in [2.75, 3.05) is 0 Å². The molecule has 0 bridgehead atoms. The first kappa shape index (κ1) is 20.2. The number of hydrogen-bond donors (Lipinski definition) is 2. The molecular formula is C25H21NO5. The molecule has 1 heterocycles. The molecule has 3 aromatic carbocycles. The van der Waals surface area contributed by atoms with Crippen LogP contribution in [0.5, 0.6) is 0 Å². The van der Waals surface area contributed by atoms with Crippen molar-refractivity contribution in [3.05, 3.63) is 96.3 Å². The number of ether oxygens (including phenoxy) is 1. The van der Waals surface area contributed by atoms with Gasteiger partial charge in [0.15, 0.2) is 6.61 Å². The van der Waals surface area contributed by atoms with Crippen LogP contribution < -0.4 is 5.32 Å². The van der Waals surface area contributed by atoms with Gasteiger partial charge in [-0.15, -0.1) is 0 Å². The summed E-state index contributed by atoms with van der Waals surface area (Å²) in [5, 5.41) is 12.7. The fourth-order valence-corrected chi connectivity index (χ4v) is 3.35. The number of fused-ring (bicyclic) bond motifs is 1. The molecule has 4 rings (SSSR count). The molecule has 0 radical (unpaired) electrons. The third-order valence-electron chi connectivity index (χ3n) is 4.89. The molecule has 0 unspecified atom stereocenters. The minimum Gasteiger partial charge on any atom is -0.480 e. The highest BCUT2D eigenvalue weighted by Crippen LogP contribution is 2.27. The summed E-state index contributed by atoms with van der Waals surface area (Å²) in [7, 11) is 0. The number of hydrogen-bond acceptors (Lipinski definition) is 4. The van der Waals surface area contributed by atoms with E-state index in [0.29, 0.717) is 11.3 Å². The summed E-state index contributed by atoms with van der Waals surface area (Å²) in [4.78, 5) is 23.6. The number of rotatable bonds is 7. The number of alkyl carbamates (subject to hydrolysis) is 1. The van der Waals surface area contributed by atoms with E-state index in [1.807, 2.05) is 72.8 Å². The minimum absolute atomic E-state index is 0.0984. The summed E-state index contributed by atoms with van der Waals surface area (Å²) in [5.41, 5.74) is 3.65. The van der Waals surface area contributed by atoms with E-state index < -0.39 is 18.1 Å². The Morgan fingerprint density at radius 1 is 0.903 bits per heavy atom. The van der Waals surface area contributed by atoms with E-state index in [2.05, 4.69) is 5.32 Å². The summed E-state index contributed by atoms with van der Waals surface area (Å²) in [6, 6.07) is 25.7. The number of carbonyl (C=O) groups excluding carboxylic acids is 1. The Morgan fingerprint density at radius 2 is 1.61 bits per heavy atom. The van der Waals surface area contributed by atoms with Crippen LogP contribution in [0.25, 0.3) is 22.1 Å². The standard InChI is InChI=1S/C25H21NO5/c27-24(28)22(13-17-7-3-1-4-8-17)26-25(29)30-16-21-15-20-14-19(11-12-23(20)31-21)18-9-5-2-6-10-18/h1-12,14-15,22H,13,16H2,(H,26,29)(H,27,28)/t22-/m1/s1. The normalized spacial score (nSPS) is 11.7. The van der Waals surface area contributed by atoms with Gasteiger partial charge in [-0.2, -0.15) is 0 Å². The molecule has 31 heavy (non-hydrogen) atoms. The second-order valence-corrected chi connectivity index (χ2v) is 7.13. The Labute approximate surface area is 179 Å². The van der Waals surface area contributed by atoms with Gasteiger partial charge in [-0.3, -0.25) is 0 Å². The van der Waals surface area contributed by atoms with E-state index in [4.69, 9.17) is 9.15 Å². The predicted octanol–water partition coefficient (Wildman–Crippen LogP) is 5.02. The van der Waals surface area contributed by atoms with Crippen LogP contribution >= 0.6 is 0 Å². The number of carboxylic acid groups (broad SMARTS) is 1. The first-order valence-corrected chi connectivity index (χ1v) is 9.86. The van der Waals surface area contributed by atoms with E-state index in [-0.39, 0.29) is 13.0 Å². The van der Waals surface area contributed by atoms with Crippen LogP contribution in [0.15, 0.2) is 89.3 Å². The Bertz CT molecular complexity index is 1180. The number of furan rings is 1. The monoisotopic (exact) mass is 415 g/mol. The van der Waals surface area contributed by atoms with Gasteiger partial charge in [-0.1, -0.05) is 66.7 Å². The third-order valence-corrected chi connectivity index (χ3v) is 4.89. The van der Waals surface area contributed by atoms with Crippen molar-refractivity contribution >= 4 is 23.0 Å². The van der Waals surface area contributed by atoms with Gasteiger partial charge in [0.1, 0.15) is 17.4 Å². The van der Waals surface area contributed by atoms with Crippen LogP contribution in [-0.4, -0.2) is 23.2 Å². The van der Waals surface area contributed by atoms with Crippen LogP contribution in [-0.2, 0) is 22.6 Å². The van der Waals surface area contributed by atoms with Crippen LogP contribution in [0.2, 0.25) is 0 Å². The molecular weight excluding hydrogens is 394 g/mol. The summed E-state index contributed by atoms with van der Waals surface area (Å²) in [5.74, 6) is -0.650. The van der Waals surface area contributed by atoms with Gasteiger partial charge in [0.2, 0.25) is 0 Å². The molecule has 6 nitrogen and oxygen atoms in total. The zero-order chi connectivity index (χ0) is 21.6. The molecule has 0 aliphatic carbocycles. The van der Waals surface area contributed by atoms with Gasteiger partial charge in [-0.05, 0) is 34.9 Å². The topological polar surface area (TPSA) is 88.8 Å². The Balaban J connectivity index is 1.38. The van der Waals surface area contributed by atoms with Crippen molar-refractivity contribution in [2.45, 2.75) is 19.1 Å². The van der Waals surface area contributed by atoms with Gasteiger partial charge in [0.05, 0.1) is 0 Å². The molecule has 0 aliphatic rings. The molecule has 6 heteroatoms. The second-order valence-electron chi connectivity index (χ2n) is 7.13. The zero-order valence-corrected chi connectivity index (χ0v) is 16.7. The first-order valence-electron chi connectivity index (χ1n) is 9.86. The van der Waals surface area contributed by atoms with Crippen molar-refractivity contribution < 1.29 is 23.8 Å². The maximum atomic E-state index is 12.1. The van der Waals surface area contributed by atoms with Crippen molar-refractivity contribution in [1.29, 1.82) is 0 Å². The summed E-state index contributed by atoms with van der Waals surface area (Å²) >= 11 is 0. The Morgan fingerprint density at radius 3 is 2.32 bits per heavy atom. The summed E-state index contributed by atoms with van der Waals surface area (Å²) < 4.78 is 10.9. The largest absolute Gasteiger partial charge is 0.480 e. The lowest BCUT2D eigenvalue weighted by molar-refractivity contribution is -0.139. The molecule has 1 aromatic heterocycles. The number of benzene rings is 3. The van der Waals surface area contributed by atoms with Crippen molar-refractivity contribution in [3.8, 4) is 11.1 Å². The summed E-state index contributed by atoms with van der Waals surface area (Å²) in [6.45, 7) is -0.0984.